The SMILES string of the molecule is C=C1C=C(N)N(C2CCCCC2)C1=NC(C)=NC. The monoisotopic (exact) mass is 246 g/mol. The molecule has 4 heteroatoms. The normalized spacial score (nSPS) is 24.9. The van der Waals surface area contributed by atoms with E-state index in [0.29, 0.717) is 6.04 Å². The van der Waals surface area contributed by atoms with Crippen LogP contribution in [0.2, 0.25) is 0 Å². The summed E-state index contributed by atoms with van der Waals surface area (Å²) in [5.74, 6) is 2.41. The molecule has 1 aliphatic carbocycles. The summed E-state index contributed by atoms with van der Waals surface area (Å²) in [4.78, 5) is 10.8. The lowest BCUT2D eigenvalue weighted by Gasteiger charge is -2.33. The molecule has 1 saturated carbocycles. The highest BCUT2D eigenvalue weighted by Gasteiger charge is 2.30. The lowest BCUT2D eigenvalue weighted by atomic mass is 9.94. The third-order valence-corrected chi connectivity index (χ3v) is 3.65. The first-order valence-electron chi connectivity index (χ1n) is 6.61. The summed E-state index contributed by atoms with van der Waals surface area (Å²) in [6.45, 7) is 5.93. The number of hydrogen-bond donors (Lipinski definition) is 1. The van der Waals surface area contributed by atoms with Crippen LogP contribution in [0.3, 0.4) is 0 Å². The van der Waals surface area contributed by atoms with Gasteiger partial charge >= 0.3 is 0 Å². The van der Waals surface area contributed by atoms with Gasteiger partial charge in [0, 0.05) is 18.7 Å². The molecule has 1 heterocycles. The van der Waals surface area contributed by atoms with Crippen LogP contribution in [0.5, 0.6) is 0 Å². The third kappa shape index (κ3) is 2.47. The Hall–Kier alpha value is -1.58. The number of aliphatic imine (C=N–C) groups is 2. The van der Waals surface area contributed by atoms with Gasteiger partial charge in [0.15, 0.2) is 0 Å². The van der Waals surface area contributed by atoms with Crippen LogP contribution >= 0.6 is 0 Å². The molecule has 0 amide bonds. The second-order valence-corrected chi connectivity index (χ2v) is 4.96. The van der Waals surface area contributed by atoms with Crippen molar-refractivity contribution in [1.29, 1.82) is 0 Å². The first-order chi connectivity index (χ1) is 8.63. The molecule has 0 atom stereocenters. The van der Waals surface area contributed by atoms with Crippen molar-refractivity contribution >= 4 is 11.7 Å². The van der Waals surface area contributed by atoms with E-state index in [9.17, 15) is 0 Å². The van der Waals surface area contributed by atoms with E-state index in [0.717, 1.165) is 23.1 Å². The lowest BCUT2D eigenvalue weighted by molar-refractivity contribution is 0.287. The van der Waals surface area contributed by atoms with E-state index in [1.54, 1.807) is 7.05 Å². The van der Waals surface area contributed by atoms with Crippen molar-refractivity contribution in [1.82, 2.24) is 4.90 Å². The van der Waals surface area contributed by atoms with E-state index in [-0.39, 0.29) is 0 Å². The summed E-state index contributed by atoms with van der Waals surface area (Å²) < 4.78 is 0. The predicted molar refractivity (Wildman–Crippen MR) is 76.6 cm³/mol. The second-order valence-electron chi connectivity index (χ2n) is 4.96. The van der Waals surface area contributed by atoms with Gasteiger partial charge in [0.05, 0.1) is 0 Å². The fourth-order valence-corrected chi connectivity index (χ4v) is 2.64. The summed E-state index contributed by atoms with van der Waals surface area (Å²) >= 11 is 0. The molecule has 0 aromatic heterocycles. The first-order valence-corrected chi connectivity index (χ1v) is 6.61. The van der Waals surface area contributed by atoms with Gasteiger partial charge in [0.25, 0.3) is 0 Å². The van der Waals surface area contributed by atoms with Crippen molar-refractivity contribution in [2.45, 2.75) is 45.1 Å². The van der Waals surface area contributed by atoms with Crippen molar-refractivity contribution < 1.29 is 0 Å². The Balaban J connectivity index is 2.27. The van der Waals surface area contributed by atoms with Gasteiger partial charge in [-0.05, 0) is 25.8 Å². The predicted octanol–water partition coefficient (Wildman–Crippen LogP) is 2.44. The largest absolute Gasteiger partial charge is 0.385 e. The molecular formula is C14H22N4. The minimum absolute atomic E-state index is 0.470. The van der Waals surface area contributed by atoms with Gasteiger partial charge in [-0.25, -0.2) is 4.99 Å². The molecule has 1 aliphatic heterocycles. The number of nitrogens with two attached hydrogens (primary N) is 1. The fourth-order valence-electron chi connectivity index (χ4n) is 2.64. The molecule has 0 saturated heterocycles. The molecule has 1 fully saturated rings. The molecule has 98 valence electrons. The third-order valence-electron chi connectivity index (χ3n) is 3.65. The molecule has 0 unspecified atom stereocenters. The van der Waals surface area contributed by atoms with Crippen LogP contribution in [0, 0.1) is 0 Å². The second kappa shape index (κ2) is 5.38. The zero-order valence-electron chi connectivity index (χ0n) is 11.3. The Labute approximate surface area is 109 Å². The van der Waals surface area contributed by atoms with Crippen LogP contribution in [0.15, 0.2) is 34.0 Å². The van der Waals surface area contributed by atoms with Crippen LogP contribution in [0.4, 0.5) is 0 Å². The van der Waals surface area contributed by atoms with Crippen LogP contribution in [0.25, 0.3) is 0 Å². The number of amidine groups is 2. The molecule has 2 aliphatic rings. The van der Waals surface area contributed by atoms with Gasteiger partial charge < -0.3 is 10.6 Å². The zero-order chi connectivity index (χ0) is 13.1. The molecule has 2 N–H and O–H groups in total. The molecule has 0 aromatic carbocycles. The number of hydrogen-bond acceptors (Lipinski definition) is 2. The smallest absolute Gasteiger partial charge is 0.143 e. The van der Waals surface area contributed by atoms with Gasteiger partial charge in [-0.3, -0.25) is 4.99 Å². The lowest BCUT2D eigenvalue weighted by Crippen LogP contribution is -2.40. The standard InChI is InChI=1S/C14H22N4/c1-10-9-13(15)18(12-7-5-4-6-8-12)14(10)17-11(2)16-3/h9,12H,1,4-8,15H2,2-3H3. The van der Waals surface area contributed by atoms with Crippen molar-refractivity contribution in [3.8, 4) is 0 Å². The highest BCUT2D eigenvalue weighted by Crippen LogP contribution is 2.29. The van der Waals surface area contributed by atoms with E-state index in [1.165, 1.54) is 32.1 Å². The van der Waals surface area contributed by atoms with E-state index in [1.807, 2.05) is 13.0 Å². The summed E-state index contributed by atoms with van der Waals surface area (Å²) in [5, 5.41) is 0. The molecule has 0 aromatic rings. The first kappa shape index (κ1) is 12.9. The summed E-state index contributed by atoms with van der Waals surface area (Å²) in [5.41, 5.74) is 7.00. The topological polar surface area (TPSA) is 54.0 Å². The highest BCUT2D eigenvalue weighted by molar-refractivity contribution is 6.09. The molecule has 18 heavy (non-hydrogen) atoms. The minimum atomic E-state index is 0.470. The van der Waals surface area contributed by atoms with Crippen molar-refractivity contribution in [3.05, 3.63) is 24.0 Å². The van der Waals surface area contributed by atoms with Crippen molar-refractivity contribution in [3.63, 3.8) is 0 Å². The van der Waals surface area contributed by atoms with Crippen molar-refractivity contribution in [2.24, 2.45) is 15.7 Å². The molecule has 0 bridgehead atoms. The maximum Gasteiger partial charge on any atom is 0.143 e. The maximum absolute atomic E-state index is 6.11. The molecule has 0 spiro atoms. The average molecular weight is 246 g/mol. The molecule has 2 rings (SSSR count). The zero-order valence-corrected chi connectivity index (χ0v) is 11.3. The van der Waals surface area contributed by atoms with E-state index in [2.05, 4.69) is 21.5 Å². The Bertz CT molecular complexity index is 425. The van der Waals surface area contributed by atoms with Crippen molar-refractivity contribution in [2.75, 3.05) is 7.05 Å². The summed E-state index contributed by atoms with van der Waals surface area (Å²) in [6, 6.07) is 0.470. The van der Waals surface area contributed by atoms with Gasteiger partial charge in [-0.15, -0.1) is 0 Å². The van der Waals surface area contributed by atoms with E-state index < -0.39 is 0 Å². The Morgan fingerprint density at radius 2 is 2.06 bits per heavy atom. The quantitative estimate of drug-likeness (QED) is 0.570. The van der Waals surface area contributed by atoms with Crippen LogP contribution < -0.4 is 5.73 Å². The Morgan fingerprint density at radius 3 is 2.67 bits per heavy atom. The Morgan fingerprint density at radius 1 is 1.39 bits per heavy atom. The highest BCUT2D eigenvalue weighted by atomic mass is 15.3. The number of rotatable bonds is 1. The molecule has 0 radical (unpaired) electrons. The molecule has 4 nitrogen and oxygen atoms in total. The van der Waals surface area contributed by atoms with Gasteiger partial charge in [0.2, 0.25) is 0 Å². The minimum Gasteiger partial charge on any atom is -0.385 e. The Kier molecular flexibility index (Phi) is 3.84. The summed E-state index contributed by atoms with van der Waals surface area (Å²) in [6.07, 6.45) is 8.16. The van der Waals surface area contributed by atoms with E-state index in [4.69, 9.17) is 5.73 Å². The van der Waals surface area contributed by atoms with Gasteiger partial charge in [-0.1, -0.05) is 25.8 Å². The number of nitrogens with zero attached hydrogens (tertiary/aromatic N) is 3. The van der Waals surface area contributed by atoms with Crippen LogP contribution in [-0.4, -0.2) is 29.7 Å². The van der Waals surface area contributed by atoms with Gasteiger partial charge in [0.1, 0.15) is 17.5 Å². The average Bonchev–Trinajstić information content (AvgIpc) is 2.65. The molecular weight excluding hydrogens is 224 g/mol. The maximum atomic E-state index is 6.11. The van der Waals surface area contributed by atoms with Gasteiger partial charge in [-0.2, -0.15) is 0 Å². The van der Waals surface area contributed by atoms with Crippen LogP contribution in [0.1, 0.15) is 39.0 Å². The fraction of sp³-hybridized carbons (Fsp3) is 0.571. The summed E-state index contributed by atoms with van der Waals surface area (Å²) in [7, 11) is 1.75. The van der Waals surface area contributed by atoms with E-state index >= 15 is 0 Å². The van der Waals surface area contributed by atoms with Crippen LogP contribution in [-0.2, 0) is 0 Å².